The summed E-state index contributed by atoms with van der Waals surface area (Å²) in [4.78, 5) is 2.71. The molecule has 0 aromatic carbocycles. The highest BCUT2D eigenvalue weighted by Gasteiger charge is 2.39. The van der Waals surface area contributed by atoms with Crippen LogP contribution in [0.25, 0.3) is 0 Å². The first-order chi connectivity index (χ1) is 8.14. The predicted octanol–water partition coefficient (Wildman–Crippen LogP) is 2.50. The maximum absolute atomic E-state index is 3.78. The molecular weight excluding hydrogens is 208 g/mol. The lowest BCUT2D eigenvalue weighted by molar-refractivity contribution is 0.118. The van der Waals surface area contributed by atoms with E-state index < -0.39 is 0 Å². The summed E-state index contributed by atoms with van der Waals surface area (Å²) in [5.74, 6) is 2.02. The van der Waals surface area contributed by atoms with Gasteiger partial charge in [0.25, 0.3) is 0 Å². The lowest BCUT2D eigenvalue weighted by atomic mass is 9.82. The van der Waals surface area contributed by atoms with Gasteiger partial charge < -0.3 is 10.2 Å². The number of nitrogens with zero attached hydrogens (tertiary/aromatic N) is 1. The normalized spacial score (nSPS) is 41.6. The van der Waals surface area contributed by atoms with Gasteiger partial charge in [-0.3, -0.25) is 0 Å². The first-order valence-electron chi connectivity index (χ1n) is 7.60. The van der Waals surface area contributed by atoms with Crippen molar-refractivity contribution in [2.24, 2.45) is 17.3 Å². The van der Waals surface area contributed by atoms with Crippen LogP contribution in [0.1, 0.15) is 46.0 Å². The summed E-state index contributed by atoms with van der Waals surface area (Å²) >= 11 is 0. The number of hydrogen-bond donors (Lipinski definition) is 1. The fourth-order valence-corrected chi connectivity index (χ4v) is 4.12. The minimum Gasteiger partial charge on any atom is -0.312 e. The summed E-state index contributed by atoms with van der Waals surface area (Å²) in [6, 6.07) is 0.809. The van der Waals surface area contributed by atoms with Crippen LogP contribution in [0.3, 0.4) is 0 Å². The second kappa shape index (κ2) is 4.55. The molecular formula is C15H28N2. The highest BCUT2D eigenvalue weighted by molar-refractivity contribution is 4.96. The molecule has 0 amide bonds. The molecule has 1 N–H and O–H groups in total. The molecule has 2 aliphatic heterocycles. The third-order valence-electron chi connectivity index (χ3n) is 5.54. The highest BCUT2D eigenvalue weighted by Crippen LogP contribution is 2.38. The molecule has 3 rings (SSSR count). The molecule has 3 unspecified atom stereocenters. The standard InChI is InChI=1S/C15H28N2/c1-15(2)6-8-17(9-7-15)11-14-13-5-3-4-12(13)10-16-14/h12-14,16H,3-11H2,1-2H3. The first kappa shape index (κ1) is 12.0. The Morgan fingerprint density at radius 2 is 1.94 bits per heavy atom. The van der Waals surface area contributed by atoms with Gasteiger partial charge in [-0.15, -0.1) is 0 Å². The van der Waals surface area contributed by atoms with Crippen LogP contribution >= 0.6 is 0 Å². The van der Waals surface area contributed by atoms with Crippen molar-refractivity contribution in [3.63, 3.8) is 0 Å². The Balaban J connectivity index is 1.51. The minimum atomic E-state index is 0.593. The Bertz CT molecular complexity index is 264. The van der Waals surface area contributed by atoms with E-state index in [1.54, 1.807) is 0 Å². The maximum Gasteiger partial charge on any atom is 0.0226 e. The zero-order chi connectivity index (χ0) is 11.9. The molecule has 2 heterocycles. The number of nitrogens with one attached hydrogen (secondary N) is 1. The number of hydrogen-bond acceptors (Lipinski definition) is 2. The quantitative estimate of drug-likeness (QED) is 0.792. The van der Waals surface area contributed by atoms with E-state index >= 15 is 0 Å². The van der Waals surface area contributed by atoms with Crippen molar-refractivity contribution in [3.8, 4) is 0 Å². The van der Waals surface area contributed by atoms with Gasteiger partial charge in [0.05, 0.1) is 0 Å². The van der Waals surface area contributed by atoms with E-state index in [1.165, 1.54) is 58.3 Å². The van der Waals surface area contributed by atoms with E-state index in [4.69, 9.17) is 0 Å². The predicted molar refractivity (Wildman–Crippen MR) is 72.1 cm³/mol. The maximum atomic E-state index is 3.78. The van der Waals surface area contributed by atoms with Gasteiger partial charge in [0.2, 0.25) is 0 Å². The summed E-state index contributed by atoms with van der Waals surface area (Å²) in [7, 11) is 0. The molecule has 3 atom stereocenters. The van der Waals surface area contributed by atoms with Crippen LogP contribution in [0.15, 0.2) is 0 Å². The molecule has 98 valence electrons. The fraction of sp³-hybridized carbons (Fsp3) is 1.00. The van der Waals surface area contributed by atoms with Crippen LogP contribution in [0, 0.1) is 17.3 Å². The molecule has 0 aromatic heterocycles. The molecule has 2 nitrogen and oxygen atoms in total. The molecule has 1 aliphatic carbocycles. The van der Waals surface area contributed by atoms with Crippen LogP contribution < -0.4 is 5.32 Å². The van der Waals surface area contributed by atoms with Gasteiger partial charge in [-0.25, -0.2) is 0 Å². The summed E-state index contributed by atoms with van der Waals surface area (Å²) in [6.45, 7) is 10.1. The second-order valence-electron chi connectivity index (χ2n) is 7.33. The van der Waals surface area contributed by atoms with Gasteiger partial charge in [-0.1, -0.05) is 20.3 Å². The van der Waals surface area contributed by atoms with Gasteiger partial charge in [-0.05, 0) is 62.6 Å². The number of rotatable bonds is 2. The summed E-state index contributed by atoms with van der Waals surface area (Å²) in [5, 5.41) is 3.78. The molecule has 2 saturated heterocycles. The number of piperidine rings is 1. The lowest BCUT2D eigenvalue weighted by Gasteiger charge is -2.38. The van der Waals surface area contributed by atoms with Gasteiger partial charge in [0, 0.05) is 12.6 Å². The second-order valence-corrected chi connectivity index (χ2v) is 7.33. The van der Waals surface area contributed by atoms with Gasteiger partial charge >= 0.3 is 0 Å². The molecule has 0 aromatic rings. The summed E-state index contributed by atoms with van der Waals surface area (Å²) in [6.07, 6.45) is 7.23. The Kier molecular flexibility index (Phi) is 3.20. The molecule has 17 heavy (non-hydrogen) atoms. The van der Waals surface area contributed by atoms with E-state index in [0.29, 0.717) is 5.41 Å². The van der Waals surface area contributed by atoms with Crippen LogP contribution in [-0.4, -0.2) is 37.1 Å². The SMILES string of the molecule is CC1(C)CCN(CC2NCC3CCCC32)CC1. The van der Waals surface area contributed by atoms with E-state index in [-0.39, 0.29) is 0 Å². The Labute approximate surface area is 106 Å². The first-order valence-corrected chi connectivity index (χ1v) is 7.60. The number of fused-ring (bicyclic) bond motifs is 1. The third kappa shape index (κ3) is 2.53. The van der Waals surface area contributed by atoms with E-state index in [9.17, 15) is 0 Å². The van der Waals surface area contributed by atoms with Crippen molar-refractivity contribution in [2.75, 3.05) is 26.2 Å². The van der Waals surface area contributed by atoms with Gasteiger partial charge in [0.15, 0.2) is 0 Å². The van der Waals surface area contributed by atoms with Crippen molar-refractivity contribution in [2.45, 2.75) is 52.0 Å². The molecule has 2 heteroatoms. The molecule has 3 aliphatic rings. The lowest BCUT2D eigenvalue weighted by Crippen LogP contribution is -2.45. The van der Waals surface area contributed by atoms with Crippen LogP contribution in [0.5, 0.6) is 0 Å². The zero-order valence-electron chi connectivity index (χ0n) is 11.5. The largest absolute Gasteiger partial charge is 0.312 e. The zero-order valence-corrected chi connectivity index (χ0v) is 11.5. The Hall–Kier alpha value is -0.0800. The molecule has 0 spiro atoms. The number of likely N-dealkylation sites (tertiary alicyclic amines) is 1. The topological polar surface area (TPSA) is 15.3 Å². The molecule has 0 radical (unpaired) electrons. The van der Waals surface area contributed by atoms with Crippen molar-refractivity contribution in [1.82, 2.24) is 10.2 Å². The van der Waals surface area contributed by atoms with Crippen LogP contribution in [0.4, 0.5) is 0 Å². The average molecular weight is 236 g/mol. The van der Waals surface area contributed by atoms with Crippen molar-refractivity contribution >= 4 is 0 Å². The smallest absolute Gasteiger partial charge is 0.0226 e. The van der Waals surface area contributed by atoms with Crippen molar-refractivity contribution in [3.05, 3.63) is 0 Å². The molecule has 0 bridgehead atoms. The molecule has 3 fully saturated rings. The van der Waals surface area contributed by atoms with Crippen LogP contribution in [0.2, 0.25) is 0 Å². The average Bonchev–Trinajstić information content (AvgIpc) is 2.85. The van der Waals surface area contributed by atoms with E-state index in [2.05, 4.69) is 24.1 Å². The Morgan fingerprint density at radius 3 is 2.71 bits per heavy atom. The highest BCUT2D eigenvalue weighted by atomic mass is 15.2. The van der Waals surface area contributed by atoms with E-state index in [1.807, 2.05) is 0 Å². The van der Waals surface area contributed by atoms with Crippen molar-refractivity contribution in [1.29, 1.82) is 0 Å². The third-order valence-corrected chi connectivity index (χ3v) is 5.54. The van der Waals surface area contributed by atoms with Gasteiger partial charge in [0.1, 0.15) is 0 Å². The minimum absolute atomic E-state index is 0.593. The monoisotopic (exact) mass is 236 g/mol. The van der Waals surface area contributed by atoms with E-state index in [0.717, 1.165) is 17.9 Å². The summed E-state index contributed by atoms with van der Waals surface area (Å²) in [5.41, 5.74) is 0.593. The van der Waals surface area contributed by atoms with Crippen LogP contribution in [-0.2, 0) is 0 Å². The molecule has 1 saturated carbocycles. The van der Waals surface area contributed by atoms with Crippen molar-refractivity contribution < 1.29 is 0 Å². The van der Waals surface area contributed by atoms with Gasteiger partial charge in [-0.2, -0.15) is 0 Å². The Morgan fingerprint density at radius 1 is 1.18 bits per heavy atom. The summed E-state index contributed by atoms with van der Waals surface area (Å²) < 4.78 is 0. The fourth-order valence-electron chi connectivity index (χ4n) is 4.12.